The van der Waals surface area contributed by atoms with Gasteiger partial charge in [0, 0.05) is 5.70 Å². The van der Waals surface area contributed by atoms with E-state index in [-0.39, 0.29) is 0 Å². The van der Waals surface area contributed by atoms with Gasteiger partial charge >= 0.3 is 0 Å². The first-order valence-corrected chi connectivity index (χ1v) is 6.70. The fourth-order valence-electron chi connectivity index (χ4n) is 3.33. The molecule has 15 heavy (non-hydrogen) atoms. The first-order valence-electron chi connectivity index (χ1n) is 6.70. The van der Waals surface area contributed by atoms with Gasteiger partial charge in [0.05, 0.1) is 0 Å². The zero-order chi connectivity index (χ0) is 10.7. The molecule has 0 aliphatic heterocycles. The summed E-state index contributed by atoms with van der Waals surface area (Å²) in [7, 11) is 0. The van der Waals surface area contributed by atoms with Gasteiger partial charge in [0.15, 0.2) is 0 Å². The normalized spacial score (nSPS) is 38.2. The van der Waals surface area contributed by atoms with E-state index < -0.39 is 0 Å². The van der Waals surface area contributed by atoms with Gasteiger partial charge in [-0.05, 0) is 37.0 Å². The van der Waals surface area contributed by atoms with Crippen molar-refractivity contribution in [2.75, 3.05) is 0 Å². The molecule has 2 aliphatic rings. The lowest BCUT2D eigenvalue weighted by Crippen LogP contribution is -2.19. The van der Waals surface area contributed by atoms with Crippen LogP contribution in [0.3, 0.4) is 0 Å². The van der Waals surface area contributed by atoms with E-state index in [1.54, 1.807) is 0 Å². The molecule has 2 rings (SSSR count). The topological polar surface area (TPSA) is 26.0 Å². The number of hydrogen-bond acceptors (Lipinski definition) is 1. The van der Waals surface area contributed by atoms with Gasteiger partial charge in [-0.3, -0.25) is 0 Å². The summed E-state index contributed by atoms with van der Waals surface area (Å²) in [4.78, 5) is 0. The van der Waals surface area contributed by atoms with Crippen molar-refractivity contribution in [1.29, 1.82) is 0 Å². The van der Waals surface area contributed by atoms with Gasteiger partial charge in [-0.1, -0.05) is 45.1 Å². The van der Waals surface area contributed by atoms with E-state index in [2.05, 4.69) is 13.0 Å². The van der Waals surface area contributed by atoms with E-state index in [4.69, 9.17) is 5.73 Å². The second-order valence-electron chi connectivity index (χ2n) is 5.77. The minimum atomic E-state index is 0.800. The van der Waals surface area contributed by atoms with Crippen LogP contribution >= 0.6 is 0 Å². The molecule has 0 saturated heterocycles. The number of fused-ring (bicyclic) bond motifs is 2. The Labute approximate surface area is 94.1 Å². The van der Waals surface area contributed by atoms with Gasteiger partial charge in [-0.2, -0.15) is 0 Å². The van der Waals surface area contributed by atoms with Crippen LogP contribution in [0.15, 0.2) is 11.8 Å². The predicted molar refractivity (Wildman–Crippen MR) is 65.4 cm³/mol. The van der Waals surface area contributed by atoms with Crippen molar-refractivity contribution in [3.05, 3.63) is 11.8 Å². The Morgan fingerprint density at radius 1 is 1.13 bits per heavy atom. The van der Waals surface area contributed by atoms with Gasteiger partial charge < -0.3 is 5.73 Å². The third-order valence-corrected chi connectivity index (χ3v) is 4.19. The summed E-state index contributed by atoms with van der Waals surface area (Å²) < 4.78 is 0. The van der Waals surface area contributed by atoms with Gasteiger partial charge in [-0.25, -0.2) is 0 Å². The molecular weight excluding hydrogens is 182 g/mol. The van der Waals surface area contributed by atoms with Gasteiger partial charge in [-0.15, -0.1) is 0 Å². The third-order valence-electron chi connectivity index (χ3n) is 4.19. The first-order chi connectivity index (χ1) is 7.24. The average Bonchev–Trinajstić information content (AvgIpc) is 2.16. The van der Waals surface area contributed by atoms with Crippen molar-refractivity contribution in [3.8, 4) is 0 Å². The molecule has 86 valence electrons. The summed E-state index contributed by atoms with van der Waals surface area (Å²) >= 11 is 0. The second kappa shape index (κ2) is 5.05. The Hall–Kier alpha value is -0.460. The molecule has 0 aromatic carbocycles. The zero-order valence-electron chi connectivity index (χ0n) is 10.0. The van der Waals surface area contributed by atoms with Gasteiger partial charge in [0.2, 0.25) is 0 Å². The van der Waals surface area contributed by atoms with Crippen molar-refractivity contribution >= 4 is 0 Å². The smallest absolute Gasteiger partial charge is 0.00455 e. The van der Waals surface area contributed by atoms with E-state index in [1.807, 2.05) is 0 Å². The van der Waals surface area contributed by atoms with Crippen LogP contribution in [0.1, 0.15) is 58.3 Å². The molecule has 3 atom stereocenters. The summed E-state index contributed by atoms with van der Waals surface area (Å²) in [5, 5.41) is 0. The summed E-state index contributed by atoms with van der Waals surface area (Å²) in [5.74, 6) is 2.64. The highest BCUT2D eigenvalue weighted by Crippen LogP contribution is 2.34. The molecule has 1 saturated carbocycles. The van der Waals surface area contributed by atoms with Gasteiger partial charge in [0.1, 0.15) is 0 Å². The monoisotopic (exact) mass is 207 g/mol. The fraction of sp³-hybridized carbons (Fsp3) is 0.857. The molecular formula is C14H25N. The highest BCUT2D eigenvalue weighted by Gasteiger charge is 2.22. The molecule has 2 N–H and O–H groups in total. The minimum Gasteiger partial charge on any atom is -0.402 e. The lowest BCUT2D eigenvalue weighted by Gasteiger charge is -2.29. The molecule has 0 heterocycles. The van der Waals surface area contributed by atoms with Crippen LogP contribution in [0.25, 0.3) is 0 Å². The molecule has 0 spiro atoms. The summed E-state index contributed by atoms with van der Waals surface area (Å²) in [6.45, 7) is 2.42. The highest BCUT2D eigenvalue weighted by atomic mass is 14.6. The SMILES string of the molecule is CC1CCCC2C=C(N)CC(CCC1)C2. The van der Waals surface area contributed by atoms with Crippen LogP contribution < -0.4 is 5.73 Å². The fourth-order valence-corrected chi connectivity index (χ4v) is 3.33. The van der Waals surface area contributed by atoms with Crippen molar-refractivity contribution in [2.24, 2.45) is 23.5 Å². The van der Waals surface area contributed by atoms with Crippen LogP contribution in [0.4, 0.5) is 0 Å². The Kier molecular flexibility index (Phi) is 3.71. The minimum absolute atomic E-state index is 0.800. The highest BCUT2D eigenvalue weighted by molar-refractivity contribution is 5.05. The quantitative estimate of drug-likeness (QED) is 0.641. The van der Waals surface area contributed by atoms with E-state index in [1.165, 1.54) is 57.1 Å². The Morgan fingerprint density at radius 3 is 2.67 bits per heavy atom. The largest absolute Gasteiger partial charge is 0.402 e. The molecule has 1 nitrogen and oxygen atoms in total. The van der Waals surface area contributed by atoms with Crippen LogP contribution in [-0.4, -0.2) is 0 Å². The van der Waals surface area contributed by atoms with E-state index in [0.717, 1.165) is 17.8 Å². The van der Waals surface area contributed by atoms with Crippen LogP contribution in [-0.2, 0) is 0 Å². The number of rotatable bonds is 0. The standard InChI is InChI=1S/C14H25N/c1-11-4-2-6-12-8-13(7-3-5-11)10-14(15)9-12/h9,11-13H,2-8,10,15H2,1H3. The predicted octanol–water partition coefficient (Wildman–Crippen LogP) is 3.85. The van der Waals surface area contributed by atoms with Crippen molar-refractivity contribution in [1.82, 2.24) is 0 Å². The molecule has 2 bridgehead atoms. The molecule has 0 radical (unpaired) electrons. The maximum atomic E-state index is 6.02. The maximum absolute atomic E-state index is 6.02. The van der Waals surface area contributed by atoms with Crippen molar-refractivity contribution in [3.63, 3.8) is 0 Å². The molecule has 0 aromatic heterocycles. The second-order valence-corrected chi connectivity index (χ2v) is 5.77. The summed E-state index contributed by atoms with van der Waals surface area (Å²) in [6.07, 6.45) is 13.4. The van der Waals surface area contributed by atoms with E-state index in [9.17, 15) is 0 Å². The number of hydrogen-bond donors (Lipinski definition) is 1. The average molecular weight is 207 g/mol. The molecule has 1 fully saturated rings. The van der Waals surface area contributed by atoms with E-state index in [0.29, 0.717) is 0 Å². The maximum Gasteiger partial charge on any atom is 0.00455 e. The molecule has 1 heteroatoms. The lowest BCUT2D eigenvalue weighted by molar-refractivity contribution is 0.301. The number of allylic oxidation sites excluding steroid dienone is 2. The van der Waals surface area contributed by atoms with Crippen LogP contribution in [0.2, 0.25) is 0 Å². The first kappa shape index (κ1) is 11.0. The molecule has 0 amide bonds. The Balaban J connectivity index is 1.97. The zero-order valence-corrected chi connectivity index (χ0v) is 10.0. The van der Waals surface area contributed by atoms with E-state index >= 15 is 0 Å². The molecule has 2 aliphatic carbocycles. The Bertz CT molecular complexity index is 231. The number of nitrogens with two attached hydrogens (primary N) is 1. The molecule has 3 unspecified atom stereocenters. The lowest BCUT2D eigenvalue weighted by atomic mass is 9.78. The van der Waals surface area contributed by atoms with Crippen LogP contribution in [0.5, 0.6) is 0 Å². The van der Waals surface area contributed by atoms with Crippen LogP contribution in [0, 0.1) is 17.8 Å². The van der Waals surface area contributed by atoms with Crippen molar-refractivity contribution in [2.45, 2.75) is 58.3 Å². The third kappa shape index (κ3) is 3.25. The summed E-state index contributed by atoms with van der Waals surface area (Å²) in [5.41, 5.74) is 7.20. The Morgan fingerprint density at radius 2 is 1.87 bits per heavy atom. The van der Waals surface area contributed by atoms with Crippen molar-refractivity contribution < 1.29 is 0 Å². The van der Waals surface area contributed by atoms with Gasteiger partial charge in [0.25, 0.3) is 0 Å². The summed E-state index contributed by atoms with van der Waals surface area (Å²) in [6, 6.07) is 0. The molecule has 0 aromatic rings.